The minimum atomic E-state index is -1.10. The molecule has 2 aromatic carbocycles. The van der Waals surface area contributed by atoms with Crippen LogP contribution in [0.25, 0.3) is 0 Å². The fourth-order valence-corrected chi connectivity index (χ4v) is 3.60. The number of carboxylic acid groups (broad SMARTS) is 1. The Labute approximate surface area is 188 Å². The number of hydrogen-bond acceptors (Lipinski definition) is 5. The number of aryl methyl sites for hydroxylation is 1. The molecular formula is C24H30N4O4. The average molecular weight is 439 g/mol. The number of amides is 2. The lowest BCUT2D eigenvalue weighted by Gasteiger charge is -2.36. The zero-order valence-electron chi connectivity index (χ0n) is 18.6. The molecule has 32 heavy (non-hydrogen) atoms. The van der Waals surface area contributed by atoms with Crippen molar-refractivity contribution in [1.82, 2.24) is 10.2 Å². The van der Waals surface area contributed by atoms with Crippen LogP contribution in [0.3, 0.4) is 0 Å². The van der Waals surface area contributed by atoms with E-state index in [0.29, 0.717) is 44.8 Å². The Hall–Kier alpha value is -3.39. The van der Waals surface area contributed by atoms with E-state index in [1.54, 1.807) is 24.3 Å². The molecule has 0 saturated carbocycles. The first kappa shape index (κ1) is 23.3. The molecule has 0 aliphatic carbocycles. The predicted octanol–water partition coefficient (Wildman–Crippen LogP) is 2.59. The lowest BCUT2D eigenvalue weighted by molar-refractivity contribution is -0.122. The van der Waals surface area contributed by atoms with E-state index in [1.807, 2.05) is 32.0 Å². The molecule has 2 amide bonds. The number of nitrogens with one attached hydrogen (secondary N) is 2. The van der Waals surface area contributed by atoms with Crippen LogP contribution in [0.4, 0.5) is 11.4 Å². The fourth-order valence-electron chi connectivity index (χ4n) is 3.60. The van der Waals surface area contributed by atoms with Gasteiger partial charge in [-0.3, -0.25) is 14.5 Å². The summed E-state index contributed by atoms with van der Waals surface area (Å²) in [5, 5.41) is 15.3. The third kappa shape index (κ3) is 6.07. The van der Waals surface area contributed by atoms with E-state index < -0.39 is 5.97 Å². The van der Waals surface area contributed by atoms with E-state index in [4.69, 9.17) is 0 Å². The maximum Gasteiger partial charge on any atom is 0.337 e. The van der Waals surface area contributed by atoms with Crippen molar-refractivity contribution in [3.05, 3.63) is 59.2 Å². The van der Waals surface area contributed by atoms with Gasteiger partial charge < -0.3 is 20.6 Å². The number of anilines is 2. The maximum absolute atomic E-state index is 12.5. The molecule has 2 aromatic rings. The maximum atomic E-state index is 12.5. The first-order chi connectivity index (χ1) is 15.4. The summed E-state index contributed by atoms with van der Waals surface area (Å²) < 4.78 is 0. The van der Waals surface area contributed by atoms with Crippen molar-refractivity contribution in [2.45, 2.75) is 20.3 Å². The number of hydrogen-bond donors (Lipinski definition) is 3. The van der Waals surface area contributed by atoms with Gasteiger partial charge >= 0.3 is 5.97 Å². The van der Waals surface area contributed by atoms with Crippen molar-refractivity contribution in [1.29, 1.82) is 0 Å². The summed E-state index contributed by atoms with van der Waals surface area (Å²) in [5.74, 6) is -1.42. The van der Waals surface area contributed by atoms with Crippen LogP contribution in [-0.2, 0) is 4.79 Å². The molecule has 0 aromatic heterocycles. The average Bonchev–Trinajstić information content (AvgIpc) is 2.78. The number of carboxylic acids is 1. The van der Waals surface area contributed by atoms with Crippen molar-refractivity contribution in [2.75, 3.05) is 49.5 Å². The van der Waals surface area contributed by atoms with Crippen LogP contribution < -0.4 is 15.5 Å². The van der Waals surface area contributed by atoms with E-state index >= 15 is 0 Å². The molecule has 8 heteroatoms. The molecule has 0 radical (unpaired) electrons. The van der Waals surface area contributed by atoms with Gasteiger partial charge in [-0.05, 0) is 43.7 Å². The number of rotatable bonds is 8. The molecule has 0 unspecified atom stereocenters. The minimum absolute atomic E-state index is 0.0298. The monoisotopic (exact) mass is 438 g/mol. The molecule has 170 valence electrons. The van der Waals surface area contributed by atoms with Gasteiger partial charge in [-0.2, -0.15) is 0 Å². The Bertz CT molecular complexity index is 966. The second-order valence-corrected chi connectivity index (χ2v) is 7.97. The molecule has 1 heterocycles. The highest BCUT2D eigenvalue weighted by molar-refractivity contribution is 6.08. The zero-order valence-corrected chi connectivity index (χ0v) is 18.6. The van der Waals surface area contributed by atoms with Crippen LogP contribution in [0.1, 0.15) is 39.6 Å². The third-order valence-electron chi connectivity index (χ3n) is 5.47. The van der Waals surface area contributed by atoms with Gasteiger partial charge in [0.15, 0.2) is 0 Å². The minimum Gasteiger partial charge on any atom is -0.478 e. The quantitative estimate of drug-likeness (QED) is 0.586. The molecule has 1 saturated heterocycles. The molecule has 3 rings (SSSR count). The Morgan fingerprint density at radius 1 is 1.00 bits per heavy atom. The number of benzene rings is 2. The highest BCUT2D eigenvalue weighted by atomic mass is 16.4. The van der Waals surface area contributed by atoms with Crippen LogP contribution in [0.2, 0.25) is 0 Å². The Kier molecular flexibility index (Phi) is 7.83. The summed E-state index contributed by atoms with van der Waals surface area (Å²) in [6.07, 6.45) is 0.910. The molecule has 3 N–H and O–H groups in total. The molecule has 8 nitrogen and oxygen atoms in total. The van der Waals surface area contributed by atoms with E-state index in [0.717, 1.165) is 17.7 Å². The van der Waals surface area contributed by atoms with Crippen LogP contribution in [-0.4, -0.2) is 67.1 Å². The largest absolute Gasteiger partial charge is 0.478 e. The van der Waals surface area contributed by atoms with Crippen LogP contribution >= 0.6 is 0 Å². The van der Waals surface area contributed by atoms with Gasteiger partial charge in [0.1, 0.15) is 0 Å². The number of nitrogens with zero attached hydrogens (tertiary/aromatic N) is 2. The van der Waals surface area contributed by atoms with Gasteiger partial charge in [0.25, 0.3) is 5.91 Å². The Morgan fingerprint density at radius 2 is 1.69 bits per heavy atom. The van der Waals surface area contributed by atoms with Gasteiger partial charge in [0.05, 0.1) is 17.8 Å². The van der Waals surface area contributed by atoms with E-state index in [2.05, 4.69) is 20.4 Å². The highest BCUT2D eigenvalue weighted by Gasteiger charge is 2.21. The SMILES string of the molecule is CCCNC(=O)CN1CCN(c2ccc(NC(=O)c3ccc(C)cc3)c(C(=O)O)c2)CC1. The summed E-state index contributed by atoms with van der Waals surface area (Å²) in [6.45, 7) is 7.82. The van der Waals surface area contributed by atoms with Gasteiger partial charge in [0.2, 0.25) is 5.91 Å². The van der Waals surface area contributed by atoms with Crippen molar-refractivity contribution in [3.63, 3.8) is 0 Å². The van der Waals surface area contributed by atoms with Gasteiger partial charge in [-0.15, -0.1) is 0 Å². The molecule has 1 aliphatic heterocycles. The molecule has 0 atom stereocenters. The molecule has 0 bridgehead atoms. The molecule has 1 aliphatic rings. The molecule has 0 spiro atoms. The summed E-state index contributed by atoms with van der Waals surface area (Å²) in [5.41, 5.74) is 2.60. The second-order valence-electron chi connectivity index (χ2n) is 7.97. The number of aromatic carboxylic acids is 1. The van der Waals surface area contributed by atoms with Gasteiger partial charge in [-0.25, -0.2) is 4.79 Å². The van der Waals surface area contributed by atoms with Gasteiger partial charge in [-0.1, -0.05) is 24.6 Å². The predicted molar refractivity (Wildman–Crippen MR) is 124 cm³/mol. The zero-order chi connectivity index (χ0) is 23.1. The smallest absolute Gasteiger partial charge is 0.337 e. The van der Waals surface area contributed by atoms with Gasteiger partial charge in [0, 0.05) is 44.0 Å². The molecule has 1 fully saturated rings. The highest BCUT2D eigenvalue weighted by Crippen LogP contribution is 2.25. The number of carbonyl (C=O) groups is 3. The Morgan fingerprint density at radius 3 is 2.31 bits per heavy atom. The first-order valence-corrected chi connectivity index (χ1v) is 10.9. The Balaban J connectivity index is 1.65. The summed E-state index contributed by atoms with van der Waals surface area (Å²) >= 11 is 0. The lowest BCUT2D eigenvalue weighted by Crippen LogP contribution is -2.49. The van der Waals surface area contributed by atoms with Crippen molar-refractivity contribution in [3.8, 4) is 0 Å². The topological polar surface area (TPSA) is 102 Å². The van der Waals surface area contributed by atoms with E-state index in [9.17, 15) is 19.5 Å². The summed E-state index contributed by atoms with van der Waals surface area (Å²) in [7, 11) is 0. The lowest BCUT2D eigenvalue weighted by atomic mass is 10.1. The van der Waals surface area contributed by atoms with Crippen LogP contribution in [0.15, 0.2) is 42.5 Å². The third-order valence-corrected chi connectivity index (χ3v) is 5.47. The summed E-state index contributed by atoms with van der Waals surface area (Å²) in [4.78, 5) is 40.5. The van der Waals surface area contributed by atoms with Crippen molar-refractivity contribution < 1.29 is 19.5 Å². The van der Waals surface area contributed by atoms with Crippen LogP contribution in [0, 0.1) is 6.92 Å². The number of carbonyl (C=O) groups excluding carboxylic acids is 2. The second kappa shape index (κ2) is 10.8. The first-order valence-electron chi connectivity index (χ1n) is 10.9. The van der Waals surface area contributed by atoms with Crippen molar-refractivity contribution in [2.24, 2.45) is 0 Å². The fraction of sp³-hybridized carbons (Fsp3) is 0.375. The van der Waals surface area contributed by atoms with E-state index in [-0.39, 0.29) is 23.1 Å². The summed E-state index contributed by atoms with van der Waals surface area (Å²) in [6, 6.07) is 12.1. The van der Waals surface area contributed by atoms with E-state index in [1.165, 1.54) is 0 Å². The van der Waals surface area contributed by atoms with Crippen molar-refractivity contribution >= 4 is 29.2 Å². The normalized spacial score (nSPS) is 14.1. The standard InChI is InChI=1S/C24H30N4O4/c1-3-10-25-22(29)16-27-11-13-28(14-12-27)19-8-9-21(20(15-19)24(31)32)26-23(30)18-6-4-17(2)5-7-18/h4-9,15H,3,10-14,16H2,1-2H3,(H,25,29)(H,26,30)(H,31,32). The van der Waals surface area contributed by atoms with Crippen LogP contribution in [0.5, 0.6) is 0 Å². The molecular weight excluding hydrogens is 408 g/mol. The number of piperazine rings is 1.